The molecule has 3 nitrogen and oxygen atoms in total. The predicted molar refractivity (Wildman–Crippen MR) is 47.8 cm³/mol. The highest BCUT2D eigenvalue weighted by atomic mass is 35.5. The number of hydrogen-bond donors (Lipinski definition) is 0. The van der Waals surface area contributed by atoms with Gasteiger partial charge in [-0.1, -0.05) is 11.6 Å². The first-order valence-electron chi connectivity index (χ1n) is 3.50. The fourth-order valence-electron chi connectivity index (χ4n) is 0.839. The van der Waals surface area contributed by atoms with Crippen LogP contribution >= 0.6 is 11.6 Å². The van der Waals surface area contributed by atoms with Crippen molar-refractivity contribution in [1.29, 1.82) is 0 Å². The zero-order valence-electron chi connectivity index (χ0n) is 6.57. The van der Waals surface area contributed by atoms with Gasteiger partial charge in [0.25, 0.3) is 0 Å². The Morgan fingerprint density at radius 2 is 2.23 bits per heavy atom. The molecule has 0 aliphatic rings. The van der Waals surface area contributed by atoms with Gasteiger partial charge in [0, 0.05) is 12.4 Å². The Morgan fingerprint density at radius 3 is 2.77 bits per heavy atom. The lowest BCUT2D eigenvalue weighted by molar-refractivity contribution is 0.551. The minimum absolute atomic E-state index is 0.0696. The van der Waals surface area contributed by atoms with Gasteiger partial charge in [0.15, 0.2) is 0 Å². The minimum Gasteiger partial charge on any atom is -0.263 e. The van der Waals surface area contributed by atoms with Crippen LogP contribution in [-0.4, -0.2) is 19.2 Å². The summed E-state index contributed by atoms with van der Waals surface area (Å²) < 4.78 is 32.5. The van der Waals surface area contributed by atoms with Crippen LogP contribution in [0.15, 0.2) is 18.5 Å². The van der Waals surface area contributed by atoms with E-state index in [1.807, 2.05) is 0 Å². The summed E-state index contributed by atoms with van der Waals surface area (Å²) in [6, 6.07) is 1.56. The molecular weight excluding hydrogens is 217 g/mol. The maximum Gasteiger partial charge on any atom is 0.302 e. The first-order valence-corrected chi connectivity index (χ1v) is 5.43. The molecule has 0 unspecified atom stereocenters. The summed E-state index contributed by atoms with van der Waals surface area (Å²) in [5, 5.41) is 0.353. The fourth-order valence-corrected chi connectivity index (χ4v) is 1.52. The van der Waals surface area contributed by atoms with Gasteiger partial charge in [0.05, 0.1) is 10.8 Å². The second kappa shape index (κ2) is 4.02. The molecule has 0 aliphatic carbocycles. The van der Waals surface area contributed by atoms with Crippen LogP contribution < -0.4 is 0 Å². The van der Waals surface area contributed by atoms with Crippen LogP contribution in [0.2, 0.25) is 5.02 Å². The predicted octanol–water partition coefficient (Wildman–Crippen LogP) is 1.58. The Bertz CT molecular complexity index is 393. The van der Waals surface area contributed by atoms with E-state index in [-0.39, 0.29) is 6.42 Å². The van der Waals surface area contributed by atoms with Crippen LogP contribution in [-0.2, 0) is 16.6 Å². The first-order chi connectivity index (χ1) is 5.99. The molecule has 0 N–H and O–H groups in total. The second-order valence-electron chi connectivity index (χ2n) is 2.46. The Morgan fingerprint density at radius 1 is 1.54 bits per heavy atom. The third kappa shape index (κ3) is 3.69. The van der Waals surface area contributed by atoms with Crippen molar-refractivity contribution in [3.63, 3.8) is 0 Å². The van der Waals surface area contributed by atoms with E-state index in [1.165, 1.54) is 12.4 Å². The molecule has 0 radical (unpaired) electrons. The summed E-state index contributed by atoms with van der Waals surface area (Å²) in [5.74, 6) is -0.545. The molecule has 0 fully saturated rings. The van der Waals surface area contributed by atoms with Gasteiger partial charge >= 0.3 is 10.2 Å². The van der Waals surface area contributed by atoms with Gasteiger partial charge in [-0.05, 0) is 18.1 Å². The van der Waals surface area contributed by atoms with E-state index in [9.17, 15) is 12.3 Å². The molecule has 0 aromatic carbocycles. The van der Waals surface area contributed by atoms with Crippen molar-refractivity contribution in [1.82, 2.24) is 4.98 Å². The molecule has 1 heterocycles. The highest BCUT2D eigenvalue weighted by molar-refractivity contribution is 7.86. The first kappa shape index (κ1) is 10.4. The Balaban J connectivity index is 2.71. The van der Waals surface area contributed by atoms with E-state index in [2.05, 4.69) is 4.98 Å². The number of nitrogens with zero attached hydrogens (tertiary/aromatic N) is 1. The second-order valence-corrected chi connectivity index (χ2v) is 4.35. The lowest BCUT2D eigenvalue weighted by Crippen LogP contribution is -2.02. The van der Waals surface area contributed by atoms with Gasteiger partial charge in [-0.3, -0.25) is 4.98 Å². The molecule has 0 amide bonds. The normalized spacial score (nSPS) is 11.5. The number of rotatable bonds is 3. The zero-order chi connectivity index (χ0) is 9.90. The lowest BCUT2D eigenvalue weighted by atomic mass is 10.2. The topological polar surface area (TPSA) is 47.0 Å². The molecule has 1 aromatic heterocycles. The maximum absolute atomic E-state index is 12.1. The third-order valence-electron chi connectivity index (χ3n) is 1.47. The van der Waals surface area contributed by atoms with Crippen molar-refractivity contribution in [2.75, 3.05) is 5.75 Å². The highest BCUT2D eigenvalue weighted by Gasteiger charge is 2.08. The fraction of sp³-hybridized carbons (Fsp3) is 0.286. The number of hydrogen-bond acceptors (Lipinski definition) is 3. The summed E-state index contributed by atoms with van der Waals surface area (Å²) in [6.45, 7) is 0. The van der Waals surface area contributed by atoms with Crippen LogP contribution in [0, 0.1) is 0 Å². The van der Waals surface area contributed by atoms with Crippen molar-refractivity contribution >= 4 is 21.8 Å². The quantitative estimate of drug-likeness (QED) is 0.731. The number of aryl methyl sites for hydroxylation is 1. The van der Waals surface area contributed by atoms with Crippen LogP contribution in [0.25, 0.3) is 0 Å². The molecule has 0 saturated heterocycles. The van der Waals surface area contributed by atoms with Crippen LogP contribution in [0.5, 0.6) is 0 Å². The van der Waals surface area contributed by atoms with E-state index < -0.39 is 16.0 Å². The van der Waals surface area contributed by atoms with Crippen molar-refractivity contribution in [2.45, 2.75) is 6.42 Å². The zero-order valence-corrected chi connectivity index (χ0v) is 8.15. The largest absolute Gasteiger partial charge is 0.302 e. The average molecular weight is 224 g/mol. The Hall–Kier alpha value is -0.680. The molecule has 0 aliphatic heterocycles. The monoisotopic (exact) mass is 223 g/mol. The summed E-state index contributed by atoms with van der Waals surface area (Å²) >= 11 is 5.67. The van der Waals surface area contributed by atoms with E-state index >= 15 is 0 Å². The smallest absolute Gasteiger partial charge is 0.263 e. The summed E-state index contributed by atoms with van der Waals surface area (Å²) in [7, 11) is -4.42. The van der Waals surface area contributed by atoms with Gasteiger partial charge < -0.3 is 0 Å². The molecule has 0 atom stereocenters. The molecule has 13 heavy (non-hydrogen) atoms. The number of aromatic nitrogens is 1. The summed E-state index contributed by atoms with van der Waals surface area (Å²) in [4.78, 5) is 3.71. The summed E-state index contributed by atoms with van der Waals surface area (Å²) in [5.41, 5.74) is 0.581. The Labute approximate surface area is 80.8 Å². The number of pyridine rings is 1. The molecule has 6 heteroatoms. The average Bonchev–Trinajstić information content (AvgIpc) is 2.01. The SMILES string of the molecule is O=S(=O)(F)CCc1ccncc1Cl. The minimum atomic E-state index is -4.42. The lowest BCUT2D eigenvalue weighted by Gasteiger charge is -1.99. The number of halogens is 2. The van der Waals surface area contributed by atoms with Gasteiger partial charge in [-0.2, -0.15) is 8.42 Å². The van der Waals surface area contributed by atoms with Crippen molar-refractivity contribution in [3.8, 4) is 0 Å². The van der Waals surface area contributed by atoms with E-state index in [4.69, 9.17) is 11.6 Å². The molecule has 1 rings (SSSR count). The van der Waals surface area contributed by atoms with Crippen molar-refractivity contribution < 1.29 is 12.3 Å². The Kier molecular flexibility index (Phi) is 3.22. The molecule has 0 spiro atoms. The van der Waals surface area contributed by atoms with Crippen LogP contribution in [0.1, 0.15) is 5.56 Å². The molecule has 0 bridgehead atoms. The van der Waals surface area contributed by atoms with Gasteiger partial charge in [0.2, 0.25) is 0 Å². The summed E-state index contributed by atoms with van der Waals surface area (Å²) in [6.07, 6.45) is 2.94. The maximum atomic E-state index is 12.1. The van der Waals surface area contributed by atoms with Gasteiger partial charge in [-0.15, -0.1) is 3.89 Å². The van der Waals surface area contributed by atoms with Crippen LogP contribution in [0.4, 0.5) is 3.89 Å². The van der Waals surface area contributed by atoms with E-state index in [0.717, 1.165) is 0 Å². The molecular formula is C7H7ClFNO2S. The van der Waals surface area contributed by atoms with Crippen molar-refractivity contribution in [3.05, 3.63) is 29.0 Å². The standard InChI is InChI=1S/C7H7ClFNO2S/c8-7-5-10-3-1-6(7)2-4-13(9,11)12/h1,3,5H,2,4H2. The molecule has 72 valence electrons. The van der Waals surface area contributed by atoms with E-state index in [0.29, 0.717) is 10.6 Å². The molecule has 0 saturated carbocycles. The van der Waals surface area contributed by atoms with E-state index in [1.54, 1.807) is 6.07 Å². The van der Waals surface area contributed by atoms with Crippen LogP contribution in [0.3, 0.4) is 0 Å². The van der Waals surface area contributed by atoms with Gasteiger partial charge in [-0.25, -0.2) is 0 Å². The molecule has 1 aromatic rings. The highest BCUT2D eigenvalue weighted by Crippen LogP contribution is 2.14. The third-order valence-corrected chi connectivity index (χ3v) is 2.50. The van der Waals surface area contributed by atoms with Crippen molar-refractivity contribution in [2.24, 2.45) is 0 Å². The van der Waals surface area contributed by atoms with Gasteiger partial charge in [0.1, 0.15) is 0 Å².